The highest BCUT2D eigenvalue weighted by molar-refractivity contribution is 6.36. The van der Waals surface area contributed by atoms with Crippen LogP contribution in [0.15, 0.2) is 18.2 Å². The SMILES string of the molecule is O=C(NC1CCOC1=O)c1ccc(Cl)cc1Cl. The van der Waals surface area contributed by atoms with Crippen molar-refractivity contribution in [2.45, 2.75) is 12.5 Å². The molecule has 0 saturated carbocycles. The van der Waals surface area contributed by atoms with E-state index in [0.717, 1.165) is 0 Å². The van der Waals surface area contributed by atoms with E-state index in [-0.39, 0.29) is 10.6 Å². The summed E-state index contributed by atoms with van der Waals surface area (Å²) in [6.07, 6.45) is 0.482. The van der Waals surface area contributed by atoms with Gasteiger partial charge in [-0.25, -0.2) is 4.79 Å². The van der Waals surface area contributed by atoms with E-state index in [1.165, 1.54) is 12.1 Å². The Morgan fingerprint density at radius 2 is 2.18 bits per heavy atom. The Morgan fingerprint density at radius 3 is 2.76 bits per heavy atom. The lowest BCUT2D eigenvalue weighted by Crippen LogP contribution is -2.38. The largest absolute Gasteiger partial charge is 0.464 e. The Bertz CT molecular complexity index is 476. The van der Waals surface area contributed by atoms with Crippen LogP contribution in [0.5, 0.6) is 0 Å². The molecule has 17 heavy (non-hydrogen) atoms. The molecule has 0 radical (unpaired) electrons. The number of esters is 1. The van der Waals surface area contributed by atoms with Gasteiger partial charge in [-0.05, 0) is 18.2 Å². The van der Waals surface area contributed by atoms with E-state index >= 15 is 0 Å². The minimum atomic E-state index is -0.589. The van der Waals surface area contributed by atoms with Crippen LogP contribution in [0.2, 0.25) is 10.0 Å². The molecule has 1 aromatic rings. The van der Waals surface area contributed by atoms with E-state index in [1.54, 1.807) is 6.07 Å². The lowest BCUT2D eigenvalue weighted by molar-refractivity contribution is -0.139. The van der Waals surface area contributed by atoms with Gasteiger partial charge in [-0.15, -0.1) is 0 Å². The molecule has 0 aromatic heterocycles. The monoisotopic (exact) mass is 273 g/mol. The van der Waals surface area contributed by atoms with Crippen molar-refractivity contribution in [3.8, 4) is 0 Å². The predicted molar refractivity (Wildman–Crippen MR) is 63.3 cm³/mol. The maximum absolute atomic E-state index is 11.8. The number of carbonyl (C=O) groups excluding carboxylic acids is 2. The number of rotatable bonds is 2. The van der Waals surface area contributed by atoms with Crippen molar-refractivity contribution in [1.82, 2.24) is 5.32 Å². The molecule has 1 amide bonds. The van der Waals surface area contributed by atoms with Crippen molar-refractivity contribution in [3.63, 3.8) is 0 Å². The Balaban J connectivity index is 2.11. The predicted octanol–water partition coefficient (Wildman–Crippen LogP) is 2.04. The van der Waals surface area contributed by atoms with Crippen LogP contribution in [0, 0.1) is 0 Å². The molecule has 1 heterocycles. The summed E-state index contributed by atoms with van der Waals surface area (Å²) in [5.74, 6) is -0.820. The quantitative estimate of drug-likeness (QED) is 0.839. The molecule has 1 unspecified atom stereocenters. The molecule has 1 atom stereocenters. The van der Waals surface area contributed by atoms with E-state index in [0.29, 0.717) is 18.1 Å². The highest BCUT2D eigenvalue weighted by atomic mass is 35.5. The summed E-state index contributed by atoms with van der Waals surface area (Å²) in [6, 6.07) is 3.97. The number of amides is 1. The molecule has 0 aliphatic carbocycles. The second-order valence-corrected chi connectivity index (χ2v) is 4.45. The zero-order valence-corrected chi connectivity index (χ0v) is 10.2. The molecule has 1 aromatic carbocycles. The van der Waals surface area contributed by atoms with Gasteiger partial charge in [0.1, 0.15) is 6.04 Å². The van der Waals surface area contributed by atoms with E-state index < -0.39 is 17.9 Å². The number of carbonyl (C=O) groups is 2. The normalized spacial score (nSPS) is 18.9. The first kappa shape index (κ1) is 12.2. The Morgan fingerprint density at radius 1 is 1.41 bits per heavy atom. The van der Waals surface area contributed by atoms with Crippen LogP contribution < -0.4 is 5.32 Å². The zero-order chi connectivity index (χ0) is 12.4. The smallest absolute Gasteiger partial charge is 0.328 e. The number of benzene rings is 1. The van der Waals surface area contributed by atoms with E-state index in [2.05, 4.69) is 5.32 Å². The number of ether oxygens (including phenoxy) is 1. The number of hydrogen-bond acceptors (Lipinski definition) is 3. The Hall–Kier alpha value is -1.26. The topological polar surface area (TPSA) is 55.4 Å². The van der Waals surface area contributed by atoms with Gasteiger partial charge in [-0.2, -0.15) is 0 Å². The van der Waals surface area contributed by atoms with Crippen LogP contribution in [0.25, 0.3) is 0 Å². The third kappa shape index (κ3) is 2.70. The maximum atomic E-state index is 11.8. The first-order chi connectivity index (χ1) is 8.08. The van der Waals surface area contributed by atoms with E-state index in [4.69, 9.17) is 27.9 Å². The molecular weight excluding hydrogens is 265 g/mol. The lowest BCUT2D eigenvalue weighted by Gasteiger charge is -2.09. The van der Waals surface area contributed by atoms with Gasteiger partial charge in [0.15, 0.2) is 0 Å². The van der Waals surface area contributed by atoms with Gasteiger partial charge in [0.2, 0.25) is 0 Å². The molecule has 1 N–H and O–H groups in total. The Labute approximate surface area is 108 Å². The molecule has 90 valence electrons. The van der Waals surface area contributed by atoms with Gasteiger partial charge in [0.05, 0.1) is 17.2 Å². The summed E-state index contributed by atoms with van der Waals surface area (Å²) in [4.78, 5) is 23.0. The van der Waals surface area contributed by atoms with Gasteiger partial charge < -0.3 is 10.1 Å². The average molecular weight is 274 g/mol. The summed E-state index contributed by atoms with van der Waals surface area (Å²) < 4.78 is 4.74. The molecule has 2 rings (SSSR count). The van der Waals surface area contributed by atoms with Crippen LogP contribution >= 0.6 is 23.2 Å². The number of cyclic esters (lactones) is 1. The lowest BCUT2D eigenvalue weighted by atomic mass is 10.2. The number of halogens is 2. The molecule has 6 heteroatoms. The summed E-state index contributed by atoms with van der Waals surface area (Å²) in [5, 5.41) is 3.27. The van der Waals surface area contributed by atoms with E-state index in [9.17, 15) is 9.59 Å². The van der Waals surface area contributed by atoms with Gasteiger partial charge in [0, 0.05) is 11.4 Å². The second-order valence-electron chi connectivity index (χ2n) is 3.61. The van der Waals surface area contributed by atoms with Crippen molar-refractivity contribution >= 4 is 35.1 Å². The molecule has 4 nitrogen and oxygen atoms in total. The zero-order valence-electron chi connectivity index (χ0n) is 8.70. The second kappa shape index (κ2) is 4.94. The Kier molecular flexibility index (Phi) is 3.54. The molecule has 1 aliphatic heterocycles. The number of nitrogens with one attached hydrogen (secondary N) is 1. The minimum Gasteiger partial charge on any atom is -0.464 e. The van der Waals surface area contributed by atoms with Crippen LogP contribution in [-0.4, -0.2) is 24.5 Å². The fraction of sp³-hybridized carbons (Fsp3) is 0.273. The fourth-order valence-electron chi connectivity index (χ4n) is 1.54. The van der Waals surface area contributed by atoms with E-state index in [1.807, 2.05) is 0 Å². The molecule has 0 bridgehead atoms. The minimum absolute atomic E-state index is 0.251. The molecule has 1 fully saturated rings. The van der Waals surface area contributed by atoms with Gasteiger partial charge in [-0.1, -0.05) is 23.2 Å². The summed E-state index contributed by atoms with van der Waals surface area (Å²) in [5.41, 5.74) is 0.288. The molecule has 0 spiro atoms. The molecule has 1 aliphatic rings. The molecular formula is C11H9Cl2NO3. The maximum Gasteiger partial charge on any atom is 0.328 e. The molecule has 1 saturated heterocycles. The standard InChI is InChI=1S/C11H9Cl2NO3/c12-6-1-2-7(8(13)5-6)10(15)14-9-3-4-17-11(9)16/h1-2,5,9H,3-4H2,(H,14,15). The van der Waals surface area contributed by atoms with Crippen molar-refractivity contribution in [2.24, 2.45) is 0 Å². The van der Waals surface area contributed by atoms with Gasteiger partial charge in [-0.3, -0.25) is 4.79 Å². The first-order valence-electron chi connectivity index (χ1n) is 5.00. The summed E-state index contributed by atoms with van der Waals surface area (Å²) in [7, 11) is 0. The third-order valence-corrected chi connectivity index (χ3v) is 2.96. The first-order valence-corrected chi connectivity index (χ1v) is 5.76. The van der Waals surface area contributed by atoms with Crippen LogP contribution in [0.1, 0.15) is 16.8 Å². The van der Waals surface area contributed by atoms with Crippen LogP contribution in [0.4, 0.5) is 0 Å². The summed E-state index contributed by atoms with van der Waals surface area (Å²) in [6.45, 7) is 0.331. The summed E-state index contributed by atoms with van der Waals surface area (Å²) >= 11 is 11.6. The highest BCUT2D eigenvalue weighted by Gasteiger charge is 2.28. The van der Waals surface area contributed by atoms with Crippen LogP contribution in [-0.2, 0) is 9.53 Å². The average Bonchev–Trinajstić information content (AvgIpc) is 2.64. The fourth-order valence-corrected chi connectivity index (χ4v) is 2.03. The van der Waals surface area contributed by atoms with Gasteiger partial charge in [0.25, 0.3) is 5.91 Å². The number of hydrogen-bond donors (Lipinski definition) is 1. The van der Waals surface area contributed by atoms with Crippen molar-refractivity contribution in [1.29, 1.82) is 0 Å². The highest BCUT2D eigenvalue weighted by Crippen LogP contribution is 2.21. The van der Waals surface area contributed by atoms with Gasteiger partial charge >= 0.3 is 5.97 Å². The van der Waals surface area contributed by atoms with Crippen molar-refractivity contribution in [3.05, 3.63) is 33.8 Å². The van der Waals surface area contributed by atoms with Crippen molar-refractivity contribution < 1.29 is 14.3 Å². The third-order valence-electron chi connectivity index (χ3n) is 2.42. The van der Waals surface area contributed by atoms with Crippen molar-refractivity contribution in [2.75, 3.05) is 6.61 Å². The van der Waals surface area contributed by atoms with Crippen LogP contribution in [0.3, 0.4) is 0 Å².